The number of nitrogens with zero attached hydrogens (tertiary/aromatic N) is 2. The second-order valence-corrected chi connectivity index (χ2v) is 12.8. The maximum atomic E-state index is 15.9. The number of hydrogen-bond acceptors (Lipinski definition) is 7. The van der Waals surface area contributed by atoms with Crippen LogP contribution in [0.5, 0.6) is 17.2 Å². The van der Waals surface area contributed by atoms with Gasteiger partial charge in [0.15, 0.2) is 17.6 Å². The fraction of sp³-hybridized carbons (Fsp3) is 0.724. The minimum absolute atomic E-state index is 0.148. The van der Waals surface area contributed by atoms with E-state index >= 15 is 8.78 Å². The van der Waals surface area contributed by atoms with E-state index in [1.807, 2.05) is 34.6 Å². The van der Waals surface area contributed by atoms with Crippen LogP contribution in [0.15, 0.2) is 23.2 Å². The van der Waals surface area contributed by atoms with E-state index in [2.05, 4.69) is 4.99 Å². The number of carbonyl (C=O) groups excluding carboxylic acids is 1. The molecule has 0 bridgehead atoms. The summed E-state index contributed by atoms with van der Waals surface area (Å²) in [6.45, 7) is 9.65. The first-order valence-electron chi connectivity index (χ1n) is 13.6. The number of halogens is 2. The minimum Gasteiger partial charge on any atom is -0.493 e. The number of aliphatic hydroxyl groups is 1. The molecule has 2 fully saturated rings. The molecule has 3 aliphatic rings. The Morgan fingerprint density at radius 2 is 1.77 bits per heavy atom. The van der Waals surface area contributed by atoms with Crippen LogP contribution in [0, 0.1) is 10.8 Å². The molecule has 8 nitrogen and oxygen atoms in total. The van der Waals surface area contributed by atoms with Crippen LogP contribution in [0.1, 0.15) is 66.7 Å². The van der Waals surface area contributed by atoms with Crippen LogP contribution in [0.25, 0.3) is 0 Å². The van der Waals surface area contributed by atoms with Crippen molar-refractivity contribution < 1.29 is 37.6 Å². The minimum atomic E-state index is -3.94. The third-order valence-corrected chi connectivity index (χ3v) is 8.06. The third kappa shape index (κ3) is 5.81. The molecule has 10 heteroatoms. The summed E-state index contributed by atoms with van der Waals surface area (Å²) >= 11 is 0. The molecule has 1 aliphatic carbocycles. The summed E-state index contributed by atoms with van der Waals surface area (Å²) < 4.78 is 54.4. The third-order valence-electron chi connectivity index (χ3n) is 8.06. The zero-order valence-electron chi connectivity index (χ0n) is 24.1. The highest BCUT2D eigenvalue weighted by atomic mass is 19.3. The van der Waals surface area contributed by atoms with Crippen molar-refractivity contribution >= 4 is 11.8 Å². The van der Waals surface area contributed by atoms with Gasteiger partial charge in [-0.25, -0.2) is 4.99 Å². The van der Waals surface area contributed by atoms with Crippen LogP contribution >= 0.6 is 0 Å². The van der Waals surface area contributed by atoms with Crippen LogP contribution in [0.2, 0.25) is 0 Å². The van der Waals surface area contributed by atoms with Gasteiger partial charge in [-0.3, -0.25) is 4.79 Å². The van der Waals surface area contributed by atoms with Crippen molar-refractivity contribution in [2.24, 2.45) is 15.8 Å². The predicted molar refractivity (Wildman–Crippen MR) is 143 cm³/mol. The van der Waals surface area contributed by atoms with Crippen molar-refractivity contribution in [1.82, 2.24) is 4.90 Å². The van der Waals surface area contributed by atoms with Crippen molar-refractivity contribution in [2.75, 3.05) is 27.4 Å². The molecule has 2 aliphatic heterocycles. The second kappa shape index (κ2) is 10.4. The van der Waals surface area contributed by atoms with Gasteiger partial charge < -0.3 is 29.0 Å². The predicted octanol–water partition coefficient (Wildman–Crippen LogP) is 4.86. The van der Waals surface area contributed by atoms with Crippen molar-refractivity contribution in [1.29, 1.82) is 0 Å². The van der Waals surface area contributed by atoms with Gasteiger partial charge in [0.1, 0.15) is 24.0 Å². The number of likely N-dealkylation sites (tertiary alicyclic amines) is 1. The normalized spacial score (nSPS) is 27.5. The molecular formula is C29H42F2N2O6. The summed E-state index contributed by atoms with van der Waals surface area (Å²) in [5, 5.41) is 11.3. The standard InChI is InChI=1S/C29H42F2N2O6/c1-18-23(14-38-19-10-11-21(36-6)22(13-19)37-7)39-24(32-18)20-9-8-12-33(20)25(34)29(30,31)28(35)16-26(2,3)15-27(4,5)17-28/h10-11,13,18,20,23,35H,8-9,12,14-17H2,1-7H3/t18?,20-,23?/m0/s1. The first-order chi connectivity index (χ1) is 18.1. The lowest BCUT2D eigenvalue weighted by molar-refractivity contribution is -0.231. The van der Waals surface area contributed by atoms with Gasteiger partial charge in [-0.05, 0) is 62.0 Å². The molecule has 218 valence electrons. The summed E-state index contributed by atoms with van der Waals surface area (Å²) in [6.07, 6.45) is 0.955. The Balaban J connectivity index is 1.45. The van der Waals surface area contributed by atoms with Crippen LogP contribution in [0.4, 0.5) is 8.78 Å². The van der Waals surface area contributed by atoms with Gasteiger partial charge in [-0.15, -0.1) is 0 Å². The first kappa shape index (κ1) is 29.4. The van der Waals surface area contributed by atoms with E-state index in [0.717, 1.165) is 4.90 Å². The summed E-state index contributed by atoms with van der Waals surface area (Å²) in [4.78, 5) is 19.1. The van der Waals surface area contributed by atoms with E-state index in [9.17, 15) is 9.90 Å². The maximum Gasteiger partial charge on any atom is 0.352 e. The van der Waals surface area contributed by atoms with Crippen LogP contribution in [0.3, 0.4) is 0 Å². The zero-order chi connectivity index (χ0) is 28.8. The number of rotatable bonds is 8. The quantitative estimate of drug-likeness (QED) is 0.496. The fourth-order valence-electron chi connectivity index (χ4n) is 6.92. The molecule has 39 heavy (non-hydrogen) atoms. The Bertz CT molecular complexity index is 1090. The van der Waals surface area contributed by atoms with Crippen molar-refractivity contribution in [3.8, 4) is 17.2 Å². The van der Waals surface area contributed by atoms with E-state index in [4.69, 9.17) is 18.9 Å². The van der Waals surface area contributed by atoms with E-state index < -0.39 is 40.4 Å². The fourth-order valence-corrected chi connectivity index (χ4v) is 6.92. The molecule has 2 heterocycles. The highest BCUT2D eigenvalue weighted by molar-refractivity contribution is 5.92. The van der Waals surface area contributed by atoms with Gasteiger partial charge in [-0.1, -0.05) is 27.7 Å². The number of aliphatic imine (C=N–C) groups is 1. The summed E-state index contributed by atoms with van der Waals surface area (Å²) in [6, 6.07) is 4.20. The molecule has 2 unspecified atom stereocenters. The lowest BCUT2D eigenvalue weighted by Crippen LogP contribution is -2.63. The molecule has 0 radical (unpaired) electrons. The van der Waals surface area contributed by atoms with Crippen molar-refractivity contribution in [2.45, 2.75) is 96.4 Å². The molecule has 1 aromatic carbocycles. The van der Waals surface area contributed by atoms with Gasteiger partial charge in [0.05, 0.1) is 20.3 Å². The van der Waals surface area contributed by atoms with Gasteiger partial charge in [0, 0.05) is 12.6 Å². The summed E-state index contributed by atoms with van der Waals surface area (Å²) in [5.41, 5.74) is -3.48. The summed E-state index contributed by atoms with van der Waals surface area (Å²) in [5.74, 6) is -3.37. The molecule has 1 aromatic rings. The SMILES string of the molecule is COc1ccc(OCC2OC([C@@H]3CCCN3C(=O)C(F)(F)C3(O)CC(C)(C)CC(C)(C)C3)=NC2C)cc1OC. The Morgan fingerprint density at radius 3 is 2.38 bits per heavy atom. The molecule has 4 rings (SSSR count). The maximum absolute atomic E-state index is 15.9. The van der Waals surface area contributed by atoms with E-state index in [0.29, 0.717) is 36.5 Å². The number of benzene rings is 1. The second-order valence-electron chi connectivity index (χ2n) is 12.8. The number of ether oxygens (including phenoxy) is 4. The Hall–Kier alpha value is -2.62. The summed E-state index contributed by atoms with van der Waals surface area (Å²) in [7, 11) is 3.09. The largest absolute Gasteiger partial charge is 0.493 e. The monoisotopic (exact) mass is 552 g/mol. The van der Waals surface area contributed by atoms with Gasteiger partial charge in [-0.2, -0.15) is 8.78 Å². The number of methoxy groups -OCH3 is 2. The molecule has 1 saturated carbocycles. The van der Waals surface area contributed by atoms with E-state index in [-0.39, 0.29) is 37.9 Å². The van der Waals surface area contributed by atoms with Crippen molar-refractivity contribution in [3.63, 3.8) is 0 Å². The van der Waals surface area contributed by atoms with E-state index in [1.54, 1.807) is 25.3 Å². The molecule has 1 N–H and O–H groups in total. The van der Waals surface area contributed by atoms with Crippen LogP contribution in [-0.2, 0) is 9.53 Å². The van der Waals surface area contributed by atoms with Gasteiger partial charge in [0.2, 0.25) is 5.90 Å². The van der Waals surface area contributed by atoms with Gasteiger partial charge in [0.25, 0.3) is 5.91 Å². The molecule has 1 saturated heterocycles. The smallest absolute Gasteiger partial charge is 0.352 e. The molecule has 3 atom stereocenters. The first-order valence-corrected chi connectivity index (χ1v) is 13.6. The molecular weight excluding hydrogens is 510 g/mol. The van der Waals surface area contributed by atoms with E-state index in [1.165, 1.54) is 7.11 Å². The van der Waals surface area contributed by atoms with Crippen LogP contribution in [-0.4, -0.2) is 78.9 Å². The average molecular weight is 553 g/mol. The topological polar surface area (TPSA) is 89.8 Å². The molecule has 1 amide bonds. The number of hydrogen-bond donors (Lipinski definition) is 1. The number of alkyl halides is 2. The Morgan fingerprint density at radius 1 is 1.13 bits per heavy atom. The zero-order valence-corrected chi connectivity index (χ0v) is 24.1. The number of amides is 1. The Kier molecular flexibility index (Phi) is 7.84. The van der Waals surface area contributed by atoms with Gasteiger partial charge >= 0.3 is 5.92 Å². The lowest BCUT2D eigenvalue weighted by Gasteiger charge is -2.51. The van der Waals surface area contributed by atoms with Crippen LogP contribution < -0.4 is 14.2 Å². The average Bonchev–Trinajstić information content (AvgIpc) is 3.46. The highest BCUT2D eigenvalue weighted by Gasteiger charge is 2.65. The molecule has 0 spiro atoms. The van der Waals surface area contributed by atoms with Crippen molar-refractivity contribution in [3.05, 3.63) is 18.2 Å². The lowest BCUT2D eigenvalue weighted by atomic mass is 9.58. The Labute approximate surface area is 229 Å². The molecule has 0 aromatic heterocycles. The highest BCUT2D eigenvalue weighted by Crippen LogP contribution is 2.55. The number of carbonyl (C=O) groups is 1.